The monoisotopic (exact) mass is 433 g/mol. The van der Waals surface area contributed by atoms with E-state index in [1.807, 2.05) is 6.92 Å². The molecule has 2 heterocycles. The van der Waals surface area contributed by atoms with Gasteiger partial charge in [-0.2, -0.15) is 5.10 Å². The molecule has 1 atom stereocenters. The lowest BCUT2D eigenvalue weighted by atomic mass is 10.0. The number of benzene rings is 2. The van der Waals surface area contributed by atoms with Gasteiger partial charge in [0.1, 0.15) is 11.6 Å². The standard InChI is InChI=1S/C24H24FN5O2/c1-3-32-22-10-16(7-8-19(22)15-5-4-6-18(25)9-15)24(31)30(2)21(11-26)20-14-27-12-17-13-28-29-23(17)20/h4-10,12-14,21H,3,11,26H2,1-2H3,(H,28,29)/t21-/m1/s1. The van der Waals surface area contributed by atoms with Gasteiger partial charge in [-0.1, -0.05) is 12.1 Å². The van der Waals surface area contributed by atoms with Crippen molar-refractivity contribution in [3.05, 3.63) is 78.0 Å². The first-order chi connectivity index (χ1) is 15.5. The third-order valence-electron chi connectivity index (χ3n) is 5.42. The summed E-state index contributed by atoms with van der Waals surface area (Å²) in [7, 11) is 1.70. The van der Waals surface area contributed by atoms with Crippen molar-refractivity contribution in [3.63, 3.8) is 0 Å². The molecule has 4 aromatic rings. The summed E-state index contributed by atoms with van der Waals surface area (Å²) in [6.45, 7) is 2.48. The molecule has 1 amide bonds. The van der Waals surface area contributed by atoms with Crippen LogP contribution in [0.4, 0.5) is 4.39 Å². The Morgan fingerprint density at radius 2 is 2.06 bits per heavy atom. The zero-order chi connectivity index (χ0) is 22.7. The molecule has 8 heteroatoms. The number of nitrogens with zero attached hydrogens (tertiary/aromatic N) is 3. The van der Waals surface area contributed by atoms with Gasteiger partial charge in [0.15, 0.2) is 0 Å². The number of aromatic nitrogens is 3. The molecule has 0 spiro atoms. The summed E-state index contributed by atoms with van der Waals surface area (Å²) in [4.78, 5) is 19.2. The van der Waals surface area contributed by atoms with Crippen LogP contribution in [0.1, 0.15) is 28.9 Å². The highest BCUT2D eigenvalue weighted by Gasteiger charge is 2.25. The summed E-state index contributed by atoms with van der Waals surface area (Å²) in [5.41, 5.74) is 9.48. The number of carbonyl (C=O) groups excluding carboxylic acids is 1. The molecule has 4 rings (SSSR count). The molecule has 0 bridgehead atoms. The van der Waals surface area contributed by atoms with Crippen LogP contribution in [0.2, 0.25) is 0 Å². The van der Waals surface area contributed by atoms with E-state index in [4.69, 9.17) is 10.5 Å². The average Bonchev–Trinajstić information content (AvgIpc) is 3.29. The minimum Gasteiger partial charge on any atom is -0.493 e. The molecule has 0 aliphatic carbocycles. The second-order valence-electron chi connectivity index (χ2n) is 7.38. The largest absolute Gasteiger partial charge is 0.493 e. The van der Waals surface area contributed by atoms with Crippen molar-refractivity contribution in [2.24, 2.45) is 5.73 Å². The fourth-order valence-electron chi connectivity index (χ4n) is 3.80. The molecular formula is C24H24FN5O2. The van der Waals surface area contributed by atoms with Crippen LogP contribution in [0.25, 0.3) is 22.0 Å². The van der Waals surface area contributed by atoms with Crippen LogP contribution in [0.15, 0.2) is 61.1 Å². The van der Waals surface area contributed by atoms with Crippen LogP contribution in [0.5, 0.6) is 5.75 Å². The molecule has 0 unspecified atom stereocenters. The van der Waals surface area contributed by atoms with Gasteiger partial charge in [0.25, 0.3) is 5.91 Å². The molecule has 32 heavy (non-hydrogen) atoms. The Bertz CT molecular complexity index is 1260. The molecule has 3 N–H and O–H groups in total. The Labute approximate surface area is 185 Å². The van der Waals surface area contributed by atoms with Gasteiger partial charge in [-0.05, 0) is 42.8 Å². The fourth-order valence-corrected chi connectivity index (χ4v) is 3.80. The lowest BCUT2D eigenvalue weighted by molar-refractivity contribution is 0.0735. The summed E-state index contributed by atoms with van der Waals surface area (Å²) in [5.74, 6) is -0.0417. The minimum atomic E-state index is -0.405. The summed E-state index contributed by atoms with van der Waals surface area (Å²) in [5, 5.41) is 7.87. The van der Waals surface area contributed by atoms with Crippen molar-refractivity contribution < 1.29 is 13.9 Å². The van der Waals surface area contributed by atoms with Crippen molar-refractivity contribution >= 4 is 16.8 Å². The third-order valence-corrected chi connectivity index (χ3v) is 5.42. The number of fused-ring (bicyclic) bond motifs is 1. The van der Waals surface area contributed by atoms with E-state index in [1.165, 1.54) is 12.1 Å². The molecule has 164 valence electrons. The Morgan fingerprint density at radius 1 is 1.22 bits per heavy atom. The normalized spacial score (nSPS) is 12.0. The van der Waals surface area contributed by atoms with Gasteiger partial charge < -0.3 is 15.4 Å². The summed E-state index contributed by atoms with van der Waals surface area (Å²) >= 11 is 0. The number of H-pyrrole nitrogens is 1. The van der Waals surface area contributed by atoms with E-state index in [9.17, 15) is 9.18 Å². The van der Waals surface area contributed by atoms with E-state index in [-0.39, 0.29) is 18.3 Å². The average molecular weight is 433 g/mol. The lowest BCUT2D eigenvalue weighted by Crippen LogP contribution is -2.35. The Balaban J connectivity index is 1.68. The highest BCUT2D eigenvalue weighted by atomic mass is 19.1. The van der Waals surface area contributed by atoms with E-state index in [0.717, 1.165) is 16.5 Å². The van der Waals surface area contributed by atoms with Crippen LogP contribution in [-0.4, -0.2) is 46.2 Å². The second-order valence-corrected chi connectivity index (χ2v) is 7.38. The number of nitrogens with two attached hydrogens (primary N) is 1. The minimum absolute atomic E-state index is 0.210. The number of rotatable bonds is 7. The predicted octanol–water partition coefficient (Wildman–Crippen LogP) is 3.93. The third kappa shape index (κ3) is 4.04. The number of ether oxygens (including phenoxy) is 1. The second kappa shape index (κ2) is 9.15. The van der Waals surface area contributed by atoms with Gasteiger partial charge >= 0.3 is 0 Å². The molecular weight excluding hydrogens is 409 g/mol. The molecule has 0 fully saturated rings. The number of aromatic amines is 1. The van der Waals surface area contributed by atoms with Gasteiger partial charge in [0, 0.05) is 48.1 Å². The van der Waals surface area contributed by atoms with E-state index in [1.54, 1.807) is 60.9 Å². The van der Waals surface area contributed by atoms with Crippen molar-refractivity contribution in [3.8, 4) is 16.9 Å². The highest BCUT2D eigenvalue weighted by Crippen LogP contribution is 2.33. The zero-order valence-corrected chi connectivity index (χ0v) is 17.9. The van der Waals surface area contributed by atoms with Crippen LogP contribution in [0, 0.1) is 5.82 Å². The van der Waals surface area contributed by atoms with Crippen molar-refractivity contribution in [1.82, 2.24) is 20.1 Å². The number of likely N-dealkylation sites (N-methyl/N-ethyl adjacent to an activating group) is 1. The van der Waals surface area contributed by atoms with Crippen LogP contribution in [0.3, 0.4) is 0 Å². The maximum atomic E-state index is 13.7. The maximum Gasteiger partial charge on any atom is 0.254 e. The van der Waals surface area contributed by atoms with Gasteiger partial charge in [-0.25, -0.2) is 4.39 Å². The molecule has 0 saturated carbocycles. The Kier molecular flexibility index (Phi) is 6.13. The number of hydrogen-bond acceptors (Lipinski definition) is 5. The number of halogens is 1. The fraction of sp³-hybridized carbons (Fsp3) is 0.208. The maximum absolute atomic E-state index is 13.7. The molecule has 0 aliphatic heterocycles. The van der Waals surface area contributed by atoms with Crippen LogP contribution >= 0.6 is 0 Å². The molecule has 2 aromatic carbocycles. The molecule has 0 radical (unpaired) electrons. The topological polar surface area (TPSA) is 97.1 Å². The SMILES string of the molecule is CCOc1cc(C(=O)N(C)[C@H](CN)c2cncc3cn[nH]c23)ccc1-c1cccc(F)c1. The zero-order valence-electron chi connectivity index (χ0n) is 17.9. The van der Waals surface area contributed by atoms with Gasteiger partial charge in [-0.3, -0.25) is 14.9 Å². The first-order valence-corrected chi connectivity index (χ1v) is 10.3. The predicted molar refractivity (Wildman–Crippen MR) is 121 cm³/mol. The van der Waals surface area contributed by atoms with Crippen LogP contribution in [-0.2, 0) is 0 Å². The van der Waals surface area contributed by atoms with E-state index >= 15 is 0 Å². The number of carbonyl (C=O) groups is 1. The van der Waals surface area contributed by atoms with Gasteiger partial charge in [0.05, 0.1) is 24.4 Å². The number of hydrogen-bond donors (Lipinski definition) is 2. The quantitative estimate of drug-likeness (QED) is 0.460. The smallest absolute Gasteiger partial charge is 0.254 e. The van der Waals surface area contributed by atoms with Crippen molar-refractivity contribution in [2.45, 2.75) is 13.0 Å². The molecule has 2 aromatic heterocycles. The summed E-state index contributed by atoms with van der Waals surface area (Å²) in [6.07, 6.45) is 5.08. The highest BCUT2D eigenvalue weighted by molar-refractivity contribution is 5.96. The molecule has 0 saturated heterocycles. The van der Waals surface area contributed by atoms with Crippen molar-refractivity contribution in [1.29, 1.82) is 0 Å². The van der Waals surface area contributed by atoms with Gasteiger partial charge in [-0.15, -0.1) is 0 Å². The Morgan fingerprint density at radius 3 is 2.81 bits per heavy atom. The van der Waals surface area contributed by atoms with Crippen LogP contribution < -0.4 is 10.5 Å². The van der Waals surface area contributed by atoms with E-state index in [2.05, 4.69) is 15.2 Å². The van der Waals surface area contributed by atoms with E-state index < -0.39 is 6.04 Å². The van der Waals surface area contributed by atoms with Crippen molar-refractivity contribution in [2.75, 3.05) is 20.2 Å². The summed E-state index contributed by atoms with van der Waals surface area (Å²) in [6, 6.07) is 11.0. The number of nitrogens with one attached hydrogen (secondary N) is 1. The number of amides is 1. The number of pyridine rings is 1. The first-order valence-electron chi connectivity index (χ1n) is 10.3. The molecule has 7 nitrogen and oxygen atoms in total. The first kappa shape index (κ1) is 21.5. The Hall–Kier alpha value is -3.78. The molecule has 0 aliphatic rings. The van der Waals surface area contributed by atoms with Gasteiger partial charge in [0.2, 0.25) is 0 Å². The van der Waals surface area contributed by atoms with E-state index in [0.29, 0.717) is 29.0 Å². The lowest BCUT2D eigenvalue weighted by Gasteiger charge is -2.28. The summed E-state index contributed by atoms with van der Waals surface area (Å²) < 4.78 is 19.5.